The fourth-order valence-corrected chi connectivity index (χ4v) is 3.23. The van der Waals surface area contributed by atoms with Crippen LogP contribution in [0.1, 0.15) is 41.2 Å². The number of hydrogen-bond acceptors (Lipinski definition) is 3. The maximum Gasteiger partial charge on any atom is 0.311 e. The third kappa shape index (κ3) is 4.72. The first-order chi connectivity index (χ1) is 12.5. The number of rotatable bonds is 6. The number of amides is 1. The minimum absolute atomic E-state index is 0.197. The van der Waals surface area contributed by atoms with E-state index in [1.165, 1.54) is 23.1 Å². The Kier molecular flexibility index (Phi) is 5.71. The second-order valence-electron chi connectivity index (χ2n) is 6.97. The molecule has 3 rings (SSSR count). The normalized spacial score (nSPS) is 13.8. The van der Waals surface area contributed by atoms with Crippen molar-refractivity contribution in [3.63, 3.8) is 0 Å². The molecule has 1 amide bonds. The lowest BCUT2D eigenvalue weighted by Gasteiger charge is -2.14. The van der Waals surface area contributed by atoms with E-state index in [0.717, 1.165) is 24.0 Å². The van der Waals surface area contributed by atoms with Crippen LogP contribution in [0, 0.1) is 6.92 Å². The molecule has 0 fully saturated rings. The Hall–Kier alpha value is -2.62. The van der Waals surface area contributed by atoms with E-state index in [4.69, 9.17) is 4.74 Å². The number of nitrogens with one attached hydrogen (secondary N) is 1. The second kappa shape index (κ2) is 8.17. The number of ether oxygens (including phenoxy) is 1. The van der Waals surface area contributed by atoms with E-state index in [1.807, 2.05) is 37.3 Å². The average Bonchev–Trinajstić information content (AvgIpc) is 3.08. The number of hydrogen-bond donors (Lipinski definition) is 1. The third-order valence-electron chi connectivity index (χ3n) is 4.78. The molecule has 2 aromatic rings. The van der Waals surface area contributed by atoms with Crippen LogP contribution >= 0.6 is 0 Å². The van der Waals surface area contributed by atoms with Gasteiger partial charge in [-0.3, -0.25) is 9.59 Å². The molecular formula is C22H25NO3. The number of benzene rings is 2. The Balaban J connectivity index is 1.47. The Bertz CT molecular complexity index is 796. The topological polar surface area (TPSA) is 55.4 Å². The highest BCUT2D eigenvalue weighted by molar-refractivity contribution is 5.83. The number of aryl methyl sites for hydroxylation is 3. The highest BCUT2D eigenvalue weighted by Crippen LogP contribution is 2.23. The van der Waals surface area contributed by atoms with E-state index in [9.17, 15) is 9.59 Å². The summed E-state index contributed by atoms with van der Waals surface area (Å²) in [6.07, 6.45) is 2.78. The molecule has 26 heavy (non-hydrogen) atoms. The van der Waals surface area contributed by atoms with E-state index in [1.54, 1.807) is 6.92 Å². The lowest BCUT2D eigenvalue weighted by molar-refractivity contribution is -0.154. The van der Waals surface area contributed by atoms with Crippen molar-refractivity contribution in [2.75, 3.05) is 0 Å². The molecular weight excluding hydrogens is 326 g/mol. The number of carbonyl (C=O) groups is 2. The molecule has 0 saturated carbocycles. The predicted octanol–water partition coefficient (Wildman–Crippen LogP) is 3.27. The lowest BCUT2D eigenvalue weighted by atomic mass is 10.0. The Labute approximate surface area is 154 Å². The highest BCUT2D eigenvalue weighted by atomic mass is 16.5. The molecule has 0 aromatic heterocycles. The minimum Gasteiger partial charge on any atom is -0.452 e. The molecule has 0 radical (unpaired) electrons. The fourth-order valence-electron chi connectivity index (χ4n) is 3.23. The zero-order valence-corrected chi connectivity index (χ0v) is 15.4. The first-order valence-corrected chi connectivity index (χ1v) is 9.14. The van der Waals surface area contributed by atoms with E-state index < -0.39 is 6.10 Å². The predicted molar refractivity (Wildman–Crippen MR) is 101 cm³/mol. The fraction of sp³-hybridized carbons (Fsp3) is 0.364. The van der Waals surface area contributed by atoms with Gasteiger partial charge in [0, 0.05) is 6.54 Å². The van der Waals surface area contributed by atoms with Crippen molar-refractivity contribution in [3.05, 3.63) is 70.3 Å². The third-order valence-corrected chi connectivity index (χ3v) is 4.78. The van der Waals surface area contributed by atoms with Crippen LogP contribution in [0.4, 0.5) is 0 Å². The van der Waals surface area contributed by atoms with Crippen LogP contribution in [-0.2, 0) is 40.1 Å². The molecule has 1 aliphatic carbocycles. The van der Waals surface area contributed by atoms with Gasteiger partial charge in [0.2, 0.25) is 0 Å². The van der Waals surface area contributed by atoms with Gasteiger partial charge in [-0.1, -0.05) is 48.0 Å². The molecule has 136 valence electrons. The SMILES string of the molecule is Cc1ccc(CNC(=O)[C@@H](C)OC(=O)Cc2ccc3c(c2)CCC3)cc1. The largest absolute Gasteiger partial charge is 0.452 e. The van der Waals surface area contributed by atoms with Crippen molar-refractivity contribution in [2.24, 2.45) is 0 Å². The van der Waals surface area contributed by atoms with Crippen LogP contribution < -0.4 is 5.32 Å². The summed E-state index contributed by atoms with van der Waals surface area (Å²) in [7, 11) is 0. The second-order valence-corrected chi connectivity index (χ2v) is 6.97. The van der Waals surface area contributed by atoms with Crippen molar-refractivity contribution in [2.45, 2.75) is 52.2 Å². The molecule has 0 bridgehead atoms. The van der Waals surface area contributed by atoms with Crippen molar-refractivity contribution in [1.29, 1.82) is 0 Å². The standard InChI is InChI=1S/C22H25NO3/c1-15-6-8-17(9-7-15)14-23-22(25)16(2)26-21(24)13-18-10-11-19-4-3-5-20(19)12-18/h6-12,16H,3-5,13-14H2,1-2H3,(H,23,25)/t16-/m1/s1. The van der Waals surface area contributed by atoms with E-state index in [2.05, 4.69) is 17.4 Å². The summed E-state index contributed by atoms with van der Waals surface area (Å²) in [6, 6.07) is 14.1. The van der Waals surface area contributed by atoms with Crippen molar-refractivity contribution >= 4 is 11.9 Å². The zero-order valence-electron chi connectivity index (χ0n) is 15.4. The molecule has 1 atom stereocenters. The zero-order chi connectivity index (χ0) is 18.5. The van der Waals surface area contributed by atoms with Crippen molar-refractivity contribution in [1.82, 2.24) is 5.32 Å². The van der Waals surface area contributed by atoms with Crippen LogP contribution in [0.15, 0.2) is 42.5 Å². The molecule has 1 N–H and O–H groups in total. The molecule has 0 unspecified atom stereocenters. The molecule has 4 nitrogen and oxygen atoms in total. The van der Waals surface area contributed by atoms with Crippen LogP contribution in [0.3, 0.4) is 0 Å². The highest BCUT2D eigenvalue weighted by Gasteiger charge is 2.18. The van der Waals surface area contributed by atoms with Crippen LogP contribution in [0.5, 0.6) is 0 Å². The monoisotopic (exact) mass is 351 g/mol. The summed E-state index contributed by atoms with van der Waals surface area (Å²) in [4.78, 5) is 24.3. The molecule has 0 heterocycles. The first kappa shape index (κ1) is 18.2. The molecule has 0 spiro atoms. The Morgan fingerprint density at radius 3 is 2.50 bits per heavy atom. The molecule has 2 aromatic carbocycles. The van der Waals surface area contributed by atoms with Gasteiger partial charge in [-0.15, -0.1) is 0 Å². The average molecular weight is 351 g/mol. The number of esters is 1. The molecule has 0 saturated heterocycles. The summed E-state index contributed by atoms with van der Waals surface area (Å²) in [6.45, 7) is 4.04. The first-order valence-electron chi connectivity index (χ1n) is 9.14. The number of carbonyl (C=O) groups excluding carboxylic acids is 2. The number of fused-ring (bicyclic) bond motifs is 1. The van der Waals surface area contributed by atoms with E-state index in [-0.39, 0.29) is 18.3 Å². The summed E-state index contributed by atoms with van der Waals surface area (Å²) in [5.41, 5.74) is 5.85. The van der Waals surface area contributed by atoms with Crippen LogP contribution in [-0.4, -0.2) is 18.0 Å². The Morgan fingerprint density at radius 2 is 1.73 bits per heavy atom. The van der Waals surface area contributed by atoms with Gasteiger partial charge in [-0.05, 0) is 55.4 Å². The minimum atomic E-state index is -0.803. The Morgan fingerprint density at radius 1 is 1.04 bits per heavy atom. The van der Waals surface area contributed by atoms with Gasteiger partial charge in [-0.2, -0.15) is 0 Å². The maximum atomic E-state index is 12.1. The van der Waals surface area contributed by atoms with Crippen molar-refractivity contribution in [3.8, 4) is 0 Å². The van der Waals surface area contributed by atoms with Gasteiger partial charge >= 0.3 is 5.97 Å². The van der Waals surface area contributed by atoms with Crippen LogP contribution in [0.25, 0.3) is 0 Å². The molecule has 1 aliphatic rings. The van der Waals surface area contributed by atoms with Crippen LogP contribution in [0.2, 0.25) is 0 Å². The summed E-state index contributed by atoms with van der Waals surface area (Å²) >= 11 is 0. The lowest BCUT2D eigenvalue weighted by Crippen LogP contribution is -2.35. The molecule has 4 heteroatoms. The van der Waals surface area contributed by atoms with Gasteiger partial charge < -0.3 is 10.1 Å². The van der Waals surface area contributed by atoms with Gasteiger partial charge in [0.25, 0.3) is 5.91 Å². The van der Waals surface area contributed by atoms with E-state index in [0.29, 0.717) is 6.54 Å². The van der Waals surface area contributed by atoms with Gasteiger partial charge in [0.15, 0.2) is 6.10 Å². The maximum absolute atomic E-state index is 12.1. The summed E-state index contributed by atoms with van der Waals surface area (Å²) in [5.74, 6) is -0.659. The van der Waals surface area contributed by atoms with Gasteiger partial charge in [-0.25, -0.2) is 0 Å². The quantitative estimate of drug-likeness (QED) is 0.813. The summed E-state index contributed by atoms with van der Waals surface area (Å²) < 4.78 is 5.29. The van der Waals surface area contributed by atoms with Crippen molar-refractivity contribution < 1.29 is 14.3 Å². The van der Waals surface area contributed by atoms with Gasteiger partial charge in [0.1, 0.15) is 0 Å². The molecule has 0 aliphatic heterocycles. The smallest absolute Gasteiger partial charge is 0.311 e. The van der Waals surface area contributed by atoms with E-state index >= 15 is 0 Å². The van der Waals surface area contributed by atoms with Gasteiger partial charge in [0.05, 0.1) is 6.42 Å². The summed E-state index contributed by atoms with van der Waals surface area (Å²) in [5, 5.41) is 2.81.